The van der Waals surface area contributed by atoms with Crippen LogP contribution in [-0.2, 0) is 9.59 Å². The van der Waals surface area contributed by atoms with Gasteiger partial charge in [0.25, 0.3) is 0 Å². The van der Waals surface area contributed by atoms with Crippen molar-refractivity contribution in [1.29, 1.82) is 0 Å². The number of Topliss-reactive ketones (excluding diaryl/α,β-unsaturated/α-hetero) is 1. The van der Waals surface area contributed by atoms with Crippen LogP contribution in [0.15, 0.2) is 53.4 Å². The summed E-state index contributed by atoms with van der Waals surface area (Å²) in [6.45, 7) is 2.91. The highest BCUT2D eigenvalue weighted by molar-refractivity contribution is 7.99. The van der Waals surface area contributed by atoms with Crippen LogP contribution in [0.2, 0.25) is 0 Å². The van der Waals surface area contributed by atoms with Crippen LogP contribution in [0.1, 0.15) is 24.2 Å². The second-order valence-electron chi connectivity index (χ2n) is 7.59. The smallest absolute Gasteiger partial charge is 0.232 e. The summed E-state index contributed by atoms with van der Waals surface area (Å²) in [4.78, 5) is 30.8. The molecule has 0 bridgehead atoms. The van der Waals surface area contributed by atoms with Crippen LogP contribution in [-0.4, -0.2) is 50.9 Å². The first-order chi connectivity index (χ1) is 13.9. The van der Waals surface area contributed by atoms with Crippen molar-refractivity contribution in [3.8, 4) is 5.75 Å². The summed E-state index contributed by atoms with van der Waals surface area (Å²) in [5, 5.41) is -0.136. The van der Waals surface area contributed by atoms with Crippen molar-refractivity contribution in [1.82, 2.24) is 4.90 Å². The molecule has 0 saturated carbocycles. The van der Waals surface area contributed by atoms with Crippen molar-refractivity contribution in [3.05, 3.63) is 54.1 Å². The quantitative estimate of drug-likeness (QED) is 0.687. The van der Waals surface area contributed by atoms with Crippen LogP contribution in [0.25, 0.3) is 0 Å². The van der Waals surface area contributed by atoms with Gasteiger partial charge in [0.1, 0.15) is 11.5 Å². The molecule has 3 rings (SSSR count). The van der Waals surface area contributed by atoms with Gasteiger partial charge < -0.3 is 19.3 Å². The molecule has 0 spiro atoms. The fraction of sp³-hybridized carbons (Fsp3) is 0.391. The lowest BCUT2D eigenvalue weighted by atomic mass is 9.92. The monoisotopic (exact) mass is 412 g/mol. The van der Waals surface area contributed by atoms with Crippen molar-refractivity contribution < 1.29 is 14.3 Å². The van der Waals surface area contributed by atoms with E-state index in [2.05, 4.69) is 11.0 Å². The topological polar surface area (TPSA) is 49.9 Å². The molecule has 1 heterocycles. The fourth-order valence-electron chi connectivity index (χ4n) is 3.58. The van der Waals surface area contributed by atoms with Gasteiger partial charge in [0.05, 0.1) is 18.7 Å². The number of hydrogen-bond donors (Lipinski definition) is 0. The molecule has 0 radical (unpaired) electrons. The molecule has 0 saturated heterocycles. The molecule has 154 valence electrons. The molecule has 1 aliphatic heterocycles. The molecule has 2 aromatic carbocycles. The Labute approximate surface area is 177 Å². The van der Waals surface area contributed by atoms with Crippen LogP contribution < -0.4 is 9.64 Å². The van der Waals surface area contributed by atoms with E-state index >= 15 is 0 Å². The van der Waals surface area contributed by atoms with Gasteiger partial charge in [-0.1, -0.05) is 24.3 Å². The molecule has 1 aliphatic rings. The number of nitrogens with zero attached hydrogens (tertiary/aromatic N) is 2. The van der Waals surface area contributed by atoms with Crippen molar-refractivity contribution in [2.24, 2.45) is 5.92 Å². The number of methoxy groups -OCH3 is 1. The summed E-state index contributed by atoms with van der Waals surface area (Å²) in [6, 6.07) is 15.8. The number of thioether (sulfide) groups is 1. The summed E-state index contributed by atoms with van der Waals surface area (Å²) in [6.07, 6.45) is 0.231. The maximum Gasteiger partial charge on any atom is 0.232 e. The molecule has 0 aliphatic carbocycles. The minimum absolute atomic E-state index is 0.0142. The van der Waals surface area contributed by atoms with Crippen molar-refractivity contribution in [2.45, 2.75) is 23.5 Å². The van der Waals surface area contributed by atoms with E-state index in [-0.39, 0.29) is 23.4 Å². The van der Waals surface area contributed by atoms with E-state index in [0.717, 1.165) is 28.4 Å². The second-order valence-corrected chi connectivity index (χ2v) is 8.77. The van der Waals surface area contributed by atoms with Gasteiger partial charge in [-0.3, -0.25) is 4.79 Å². The summed E-state index contributed by atoms with van der Waals surface area (Å²) in [5.74, 6) is 0.400. The maximum absolute atomic E-state index is 13.7. The second kappa shape index (κ2) is 9.46. The minimum atomic E-state index is -0.416. The first-order valence-electron chi connectivity index (χ1n) is 9.76. The normalized spacial score (nSPS) is 19.1. The third kappa shape index (κ3) is 5.00. The van der Waals surface area contributed by atoms with E-state index in [9.17, 15) is 9.59 Å². The van der Waals surface area contributed by atoms with Gasteiger partial charge in [-0.15, -0.1) is 11.8 Å². The van der Waals surface area contributed by atoms with Crippen LogP contribution in [0.3, 0.4) is 0 Å². The van der Waals surface area contributed by atoms with Gasteiger partial charge in [0.15, 0.2) is 0 Å². The number of likely N-dealkylation sites (N-methyl/N-ethyl adjacent to an activating group) is 1. The Hall–Kier alpha value is -2.31. The summed E-state index contributed by atoms with van der Waals surface area (Å²) in [7, 11) is 5.63. The Balaban J connectivity index is 2.06. The minimum Gasteiger partial charge on any atom is -0.497 e. The molecule has 2 atom stereocenters. The van der Waals surface area contributed by atoms with Crippen molar-refractivity contribution >= 4 is 29.1 Å². The lowest BCUT2D eigenvalue weighted by Crippen LogP contribution is -2.41. The van der Waals surface area contributed by atoms with Gasteiger partial charge >= 0.3 is 0 Å². The highest BCUT2D eigenvalue weighted by Crippen LogP contribution is 2.49. The number of benzene rings is 2. The number of ketones is 1. The van der Waals surface area contributed by atoms with E-state index in [4.69, 9.17) is 4.74 Å². The number of hydrogen-bond acceptors (Lipinski definition) is 5. The Morgan fingerprint density at radius 1 is 1.14 bits per heavy atom. The number of carbonyl (C=O) groups is 2. The Kier molecular flexibility index (Phi) is 6.98. The Morgan fingerprint density at radius 3 is 2.45 bits per heavy atom. The summed E-state index contributed by atoms with van der Waals surface area (Å²) >= 11 is 1.67. The number of para-hydroxylation sites is 1. The van der Waals surface area contributed by atoms with Crippen molar-refractivity contribution in [3.63, 3.8) is 0 Å². The van der Waals surface area contributed by atoms with Crippen LogP contribution in [0, 0.1) is 5.92 Å². The zero-order chi connectivity index (χ0) is 21.0. The molecule has 2 aromatic rings. The van der Waals surface area contributed by atoms with E-state index < -0.39 is 5.92 Å². The zero-order valence-electron chi connectivity index (χ0n) is 17.4. The number of carbonyl (C=O) groups excluding carboxylic acids is 2. The molecule has 0 aromatic heterocycles. The lowest BCUT2D eigenvalue weighted by molar-refractivity contribution is -0.127. The van der Waals surface area contributed by atoms with Crippen LogP contribution >= 0.6 is 11.8 Å². The number of amides is 1. The van der Waals surface area contributed by atoms with E-state index in [1.165, 1.54) is 0 Å². The summed E-state index contributed by atoms with van der Waals surface area (Å²) < 4.78 is 5.28. The predicted octanol–water partition coefficient (Wildman–Crippen LogP) is 4.03. The zero-order valence-corrected chi connectivity index (χ0v) is 18.2. The van der Waals surface area contributed by atoms with E-state index in [1.54, 1.807) is 25.8 Å². The average Bonchev–Trinajstić information content (AvgIpc) is 2.81. The first kappa shape index (κ1) is 21.4. The highest BCUT2D eigenvalue weighted by Gasteiger charge is 2.38. The molecule has 0 fully saturated rings. The van der Waals surface area contributed by atoms with Gasteiger partial charge in [-0.2, -0.15) is 0 Å². The first-order valence-corrected chi connectivity index (χ1v) is 10.6. The fourth-order valence-corrected chi connectivity index (χ4v) is 4.98. The van der Waals surface area contributed by atoms with Crippen molar-refractivity contribution in [2.75, 3.05) is 39.2 Å². The van der Waals surface area contributed by atoms with E-state index in [0.29, 0.717) is 6.54 Å². The van der Waals surface area contributed by atoms with Gasteiger partial charge in [-0.05, 0) is 50.8 Å². The SMILES string of the molecule is COc1ccc([C@@H]2Sc3ccccc3N(CCN(C)C)C(=O)[C@@H]2CC(C)=O)cc1. The molecule has 6 heteroatoms. The van der Waals surface area contributed by atoms with Crippen LogP contribution in [0.4, 0.5) is 5.69 Å². The standard InChI is InChI=1S/C23H28N2O3S/c1-16(26)15-19-22(17-9-11-18(28-4)12-10-17)29-21-8-6-5-7-20(21)25(23(19)27)14-13-24(2)3/h5-12,19,22H,13-15H2,1-4H3/t19-,22+/m1/s1. The molecule has 0 N–H and O–H groups in total. The van der Waals surface area contributed by atoms with Gasteiger partial charge in [-0.25, -0.2) is 0 Å². The highest BCUT2D eigenvalue weighted by atomic mass is 32.2. The van der Waals surface area contributed by atoms with Gasteiger partial charge in [0.2, 0.25) is 5.91 Å². The maximum atomic E-state index is 13.7. The van der Waals surface area contributed by atoms with Gasteiger partial charge in [0, 0.05) is 29.7 Å². The van der Waals surface area contributed by atoms with E-state index in [1.807, 2.05) is 61.5 Å². The molecular formula is C23H28N2O3S. The number of anilines is 1. The Morgan fingerprint density at radius 2 is 1.83 bits per heavy atom. The number of ether oxygens (including phenoxy) is 1. The predicted molar refractivity (Wildman–Crippen MR) is 118 cm³/mol. The third-order valence-electron chi connectivity index (χ3n) is 5.08. The molecule has 29 heavy (non-hydrogen) atoms. The Bertz CT molecular complexity index is 867. The summed E-state index contributed by atoms with van der Waals surface area (Å²) in [5.41, 5.74) is 1.95. The molecule has 0 unspecified atom stereocenters. The largest absolute Gasteiger partial charge is 0.497 e. The third-order valence-corrected chi connectivity index (χ3v) is 6.53. The number of fused-ring (bicyclic) bond motifs is 1. The number of rotatable bonds is 7. The molecular weight excluding hydrogens is 384 g/mol. The molecule has 5 nitrogen and oxygen atoms in total. The molecule has 1 amide bonds. The van der Waals surface area contributed by atoms with Crippen LogP contribution in [0.5, 0.6) is 5.75 Å². The lowest BCUT2D eigenvalue weighted by Gasteiger charge is -2.28. The average molecular weight is 413 g/mol.